The zero-order valence-corrected chi connectivity index (χ0v) is 12.4. The van der Waals surface area contributed by atoms with Gasteiger partial charge in [0.15, 0.2) is 0 Å². The molecule has 0 spiro atoms. The number of benzene rings is 1. The summed E-state index contributed by atoms with van der Waals surface area (Å²) < 4.78 is 37.4. The number of hydrogen-bond acceptors (Lipinski definition) is 2. The maximum Gasteiger partial charge on any atom is 0.416 e. The van der Waals surface area contributed by atoms with Gasteiger partial charge in [0.25, 0.3) is 0 Å². The molecule has 120 valence electrons. The number of unbranched alkanes of at least 4 members (excludes halogenated alkanes) is 1. The van der Waals surface area contributed by atoms with Crippen LogP contribution in [0.3, 0.4) is 0 Å². The molecule has 5 heteroatoms. The minimum Gasteiger partial charge on any atom is -0.396 e. The molecule has 0 bridgehead atoms. The molecule has 0 amide bonds. The molecule has 0 aliphatic heterocycles. The molecule has 0 saturated heterocycles. The zero-order chi connectivity index (χ0) is 16.0. The molecule has 1 aromatic rings. The number of halogens is 3. The van der Waals surface area contributed by atoms with E-state index in [9.17, 15) is 13.2 Å². The second kappa shape index (κ2) is 7.66. The number of nitrogens with zero attached hydrogens (tertiary/aromatic N) is 1. The second-order valence-corrected chi connectivity index (χ2v) is 5.51. The number of alkyl halides is 3. The summed E-state index contributed by atoms with van der Waals surface area (Å²) in [6.45, 7) is 1.74. The third-order valence-electron chi connectivity index (χ3n) is 3.64. The fourth-order valence-electron chi connectivity index (χ4n) is 2.24. The highest BCUT2D eigenvalue weighted by Crippen LogP contribution is 2.29. The van der Waals surface area contributed by atoms with Gasteiger partial charge in [-0.1, -0.05) is 11.8 Å². The Hall–Kier alpha value is -1.51. The van der Waals surface area contributed by atoms with Crippen LogP contribution in [0.1, 0.15) is 36.8 Å². The summed E-state index contributed by atoms with van der Waals surface area (Å²) in [5.41, 5.74) is -0.0548. The number of rotatable bonds is 6. The lowest BCUT2D eigenvalue weighted by Gasteiger charge is -2.18. The third kappa shape index (κ3) is 5.36. The van der Waals surface area contributed by atoms with E-state index in [2.05, 4.69) is 16.7 Å². The fourth-order valence-corrected chi connectivity index (χ4v) is 2.24. The van der Waals surface area contributed by atoms with Gasteiger partial charge in [-0.3, -0.25) is 4.90 Å². The van der Waals surface area contributed by atoms with Crippen molar-refractivity contribution in [2.45, 2.75) is 37.9 Å². The summed E-state index contributed by atoms with van der Waals surface area (Å²) in [6, 6.07) is 5.51. The van der Waals surface area contributed by atoms with Gasteiger partial charge in [-0.05, 0) is 56.5 Å². The van der Waals surface area contributed by atoms with Crippen molar-refractivity contribution in [3.8, 4) is 11.8 Å². The van der Waals surface area contributed by atoms with E-state index < -0.39 is 11.7 Å². The molecule has 0 atom stereocenters. The Labute approximate surface area is 128 Å². The highest BCUT2D eigenvalue weighted by molar-refractivity contribution is 5.37. The van der Waals surface area contributed by atoms with E-state index in [1.165, 1.54) is 25.0 Å². The van der Waals surface area contributed by atoms with Crippen molar-refractivity contribution in [2.24, 2.45) is 0 Å². The van der Waals surface area contributed by atoms with E-state index in [1.54, 1.807) is 0 Å². The minimum atomic E-state index is -4.30. The molecule has 1 aliphatic carbocycles. The summed E-state index contributed by atoms with van der Waals surface area (Å²) in [7, 11) is 0. The maximum absolute atomic E-state index is 12.5. The summed E-state index contributed by atoms with van der Waals surface area (Å²) >= 11 is 0. The molecular formula is C17H20F3NO. The van der Waals surface area contributed by atoms with Gasteiger partial charge < -0.3 is 5.11 Å². The lowest BCUT2D eigenvalue weighted by molar-refractivity contribution is -0.137. The average Bonchev–Trinajstić information content (AvgIpc) is 3.30. The molecule has 1 fully saturated rings. The van der Waals surface area contributed by atoms with Gasteiger partial charge in [-0.25, -0.2) is 0 Å². The minimum absolute atomic E-state index is 0.204. The topological polar surface area (TPSA) is 23.5 Å². The van der Waals surface area contributed by atoms with Crippen LogP contribution in [0.5, 0.6) is 0 Å². The fraction of sp³-hybridized carbons (Fsp3) is 0.529. The maximum atomic E-state index is 12.5. The Kier molecular flexibility index (Phi) is 5.87. The van der Waals surface area contributed by atoms with Gasteiger partial charge in [0.1, 0.15) is 0 Å². The van der Waals surface area contributed by atoms with E-state index in [-0.39, 0.29) is 6.61 Å². The van der Waals surface area contributed by atoms with E-state index in [4.69, 9.17) is 5.11 Å². The van der Waals surface area contributed by atoms with Crippen LogP contribution in [-0.2, 0) is 6.18 Å². The molecule has 22 heavy (non-hydrogen) atoms. The number of aliphatic hydroxyl groups is 1. The number of hydrogen-bond donors (Lipinski definition) is 1. The zero-order valence-electron chi connectivity index (χ0n) is 12.4. The molecule has 0 aromatic heterocycles. The van der Waals surface area contributed by atoms with E-state index in [1.807, 2.05) is 0 Å². The molecule has 1 saturated carbocycles. The first-order valence-corrected chi connectivity index (χ1v) is 7.52. The van der Waals surface area contributed by atoms with Crippen LogP contribution in [0.15, 0.2) is 24.3 Å². The SMILES string of the molecule is OCCCCN(CC#Cc1ccc(C(F)(F)F)cc1)C1CC1. The average molecular weight is 311 g/mol. The molecule has 2 nitrogen and oxygen atoms in total. The predicted octanol–water partition coefficient (Wildman–Crippen LogP) is 3.29. The smallest absolute Gasteiger partial charge is 0.396 e. The molecule has 1 N–H and O–H groups in total. The van der Waals surface area contributed by atoms with Crippen molar-refractivity contribution < 1.29 is 18.3 Å². The van der Waals surface area contributed by atoms with E-state index in [0.717, 1.165) is 31.5 Å². The molecule has 2 rings (SSSR count). The molecular weight excluding hydrogens is 291 g/mol. The highest BCUT2D eigenvalue weighted by atomic mass is 19.4. The van der Waals surface area contributed by atoms with Gasteiger partial charge >= 0.3 is 6.18 Å². The van der Waals surface area contributed by atoms with Crippen molar-refractivity contribution >= 4 is 0 Å². The second-order valence-electron chi connectivity index (χ2n) is 5.51. The first kappa shape index (κ1) is 16.9. The summed E-state index contributed by atoms with van der Waals surface area (Å²) in [6.07, 6.45) is -0.214. The summed E-state index contributed by atoms with van der Waals surface area (Å²) in [5.74, 6) is 5.96. The van der Waals surface area contributed by atoms with Crippen LogP contribution in [0.2, 0.25) is 0 Å². The van der Waals surface area contributed by atoms with E-state index in [0.29, 0.717) is 18.2 Å². The molecule has 0 radical (unpaired) electrons. The Bertz CT molecular complexity index is 524. The summed E-state index contributed by atoms with van der Waals surface area (Å²) in [5, 5.41) is 8.81. The van der Waals surface area contributed by atoms with Crippen molar-refractivity contribution in [3.63, 3.8) is 0 Å². The van der Waals surface area contributed by atoms with Crippen molar-refractivity contribution in [1.82, 2.24) is 4.90 Å². The predicted molar refractivity (Wildman–Crippen MR) is 79.2 cm³/mol. The van der Waals surface area contributed by atoms with Crippen LogP contribution in [0.25, 0.3) is 0 Å². The Morgan fingerprint density at radius 1 is 1.14 bits per heavy atom. The van der Waals surface area contributed by atoms with Crippen LogP contribution >= 0.6 is 0 Å². The van der Waals surface area contributed by atoms with Crippen LogP contribution in [0, 0.1) is 11.8 Å². The van der Waals surface area contributed by atoms with Gasteiger partial charge in [0, 0.05) is 18.2 Å². The lowest BCUT2D eigenvalue weighted by atomic mass is 10.1. The highest BCUT2D eigenvalue weighted by Gasteiger charge is 2.30. The Morgan fingerprint density at radius 3 is 2.36 bits per heavy atom. The van der Waals surface area contributed by atoms with Gasteiger partial charge in [0.2, 0.25) is 0 Å². The molecule has 1 aromatic carbocycles. The Balaban J connectivity index is 1.88. The normalized spacial score (nSPS) is 14.8. The van der Waals surface area contributed by atoms with Crippen LogP contribution < -0.4 is 0 Å². The molecule has 1 aliphatic rings. The first-order chi connectivity index (χ1) is 10.5. The van der Waals surface area contributed by atoms with Crippen molar-refractivity contribution in [3.05, 3.63) is 35.4 Å². The van der Waals surface area contributed by atoms with Crippen molar-refractivity contribution in [1.29, 1.82) is 0 Å². The van der Waals surface area contributed by atoms with Crippen LogP contribution in [0.4, 0.5) is 13.2 Å². The quantitative estimate of drug-likeness (QED) is 0.644. The molecule has 0 unspecified atom stereocenters. The van der Waals surface area contributed by atoms with Gasteiger partial charge in [0.05, 0.1) is 12.1 Å². The van der Waals surface area contributed by atoms with Crippen molar-refractivity contribution in [2.75, 3.05) is 19.7 Å². The Morgan fingerprint density at radius 2 is 1.82 bits per heavy atom. The largest absolute Gasteiger partial charge is 0.416 e. The molecule has 0 heterocycles. The monoisotopic (exact) mass is 311 g/mol. The summed E-state index contributed by atoms with van der Waals surface area (Å²) in [4.78, 5) is 2.28. The number of aliphatic hydroxyl groups excluding tert-OH is 1. The third-order valence-corrected chi connectivity index (χ3v) is 3.64. The van der Waals surface area contributed by atoms with E-state index >= 15 is 0 Å². The van der Waals surface area contributed by atoms with Crippen LogP contribution in [-0.4, -0.2) is 35.7 Å². The van der Waals surface area contributed by atoms with Gasteiger partial charge in [-0.2, -0.15) is 13.2 Å². The van der Waals surface area contributed by atoms with Gasteiger partial charge in [-0.15, -0.1) is 0 Å². The first-order valence-electron chi connectivity index (χ1n) is 7.52. The standard InChI is InChI=1S/C17H20F3NO/c18-17(19,20)15-7-5-14(6-8-15)4-3-12-21(16-9-10-16)11-1-2-13-22/h5-8,16,22H,1-2,9-13H2. The lowest BCUT2D eigenvalue weighted by Crippen LogP contribution is -2.27.